The molecule has 1 atom stereocenters. The van der Waals surface area contributed by atoms with Crippen LogP contribution in [0.15, 0.2) is 66.2 Å². The van der Waals surface area contributed by atoms with Crippen LogP contribution in [0.25, 0.3) is 6.08 Å². The summed E-state index contributed by atoms with van der Waals surface area (Å²) in [5, 5.41) is 7.65. The Balaban J connectivity index is 1.26. The Morgan fingerprint density at radius 1 is 1.20 bits per heavy atom. The monoisotopic (exact) mass is 405 g/mol. The number of aromatic amines is 1. The molecule has 1 N–H and O–H groups in total. The smallest absolute Gasteiger partial charge is 0.165 e. The van der Waals surface area contributed by atoms with Gasteiger partial charge in [0.15, 0.2) is 11.6 Å². The van der Waals surface area contributed by atoms with Gasteiger partial charge in [-0.3, -0.25) is 10.00 Å². The molecule has 30 heavy (non-hydrogen) atoms. The number of benzene rings is 2. The van der Waals surface area contributed by atoms with Gasteiger partial charge in [0.2, 0.25) is 0 Å². The highest BCUT2D eigenvalue weighted by Crippen LogP contribution is 2.27. The van der Waals surface area contributed by atoms with Gasteiger partial charge in [0.1, 0.15) is 0 Å². The first-order valence-corrected chi connectivity index (χ1v) is 10.5. The van der Waals surface area contributed by atoms with Gasteiger partial charge in [-0.25, -0.2) is 4.39 Å². The fourth-order valence-electron chi connectivity index (χ4n) is 4.00. The van der Waals surface area contributed by atoms with Gasteiger partial charge >= 0.3 is 0 Å². The molecule has 4 rings (SSSR count). The molecule has 0 radical (unpaired) electrons. The molecule has 2 heterocycles. The molecule has 5 heteroatoms. The molecule has 1 aromatic heterocycles. The molecule has 1 fully saturated rings. The Morgan fingerprint density at radius 3 is 2.83 bits per heavy atom. The van der Waals surface area contributed by atoms with Gasteiger partial charge < -0.3 is 4.74 Å². The van der Waals surface area contributed by atoms with E-state index < -0.39 is 0 Å². The van der Waals surface area contributed by atoms with Crippen molar-refractivity contribution in [2.24, 2.45) is 0 Å². The number of hydrogen-bond acceptors (Lipinski definition) is 3. The van der Waals surface area contributed by atoms with Crippen LogP contribution in [-0.4, -0.2) is 41.3 Å². The van der Waals surface area contributed by atoms with E-state index in [1.165, 1.54) is 17.2 Å². The minimum absolute atomic E-state index is 0.294. The Kier molecular flexibility index (Phi) is 6.60. The van der Waals surface area contributed by atoms with E-state index in [1.807, 2.05) is 6.07 Å². The zero-order valence-electron chi connectivity index (χ0n) is 17.4. The highest BCUT2D eigenvalue weighted by molar-refractivity contribution is 5.52. The molecule has 1 aliphatic heterocycles. The average molecular weight is 406 g/mol. The van der Waals surface area contributed by atoms with Crippen molar-refractivity contribution in [3.63, 3.8) is 0 Å². The zero-order chi connectivity index (χ0) is 20.8. The van der Waals surface area contributed by atoms with E-state index in [1.54, 1.807) is 18.2 Å². The summed E-state index contributed by atoms with van der Waals surface area (Å²) in [5.74, 6) is 0.417. The zero-order valence-corrected chi connectivity index (χ0v) is 17.4. The number of para-hydroxylation sites is 1. The number of H-pyrrole nitrogens is 1. The Bertz CT molecular complexity index is 983. The summed E-state index contributed by atoms with van der Waals surface area (Å²) in [5.41, 5.74) is 4.76. The van der Waals surface area contributed by atoms with Gasteiger partial charge in [-0.15, -0.1) is 0 Å². The third-order valence-electron chi connectivity index (χ3n) is 5.49. The first-order valence-electron chi connectivity index (χ1n) is 10.5. The van der Waals surface area contributed by atoms with E-state index in [2.05, 4.69) is 58.4 Å². The summed E-state index contributed by atoms with van der Waals surface area (Å²) in [6.07, 6.45) is 4.06. The highest BCUT2D eigenvalue weighted by atomic mass is 19.1. The van der Waals surface area contributed by atoms with Gasteiger partial charge in [-0.05, 0) is 43.7 Å². The SMILES string of the molecule is CC(=Cc1ccccc1)CN1CCC(c2cc(CCOc3ccccc3F)[nH]n2)C1. The average Bonchev–Trinajstić information content (AvgIpc) is 3.40. The molecule has 3 aromatic rings. The topological polar surface area (TPSA) is 41.1 Å². The summed E-state index contributed by atoms with van der Waals surface area (Å²) >= 11 is 0. The van der Waals surface area contributed by atoms with Crippen LogP contribution < -0.4 is 4.74 Å². The van der Waals surface area contributed by atoms with Gasteiger partial charge in [-0.1, -0.05) is 54.1 Å². The summed E-state index contributed by atoms with van der Waals surface area (Å²) in [7, 11) is 0. The van der Waals surface area contributed by atoms with Crippen LogP contribution in [-0.2, 0) is 6.42 Å². The van der Waals surface area contributed by atoms with Crippen molar-refractivity contribution in [2.45, 2.75) is 25.7 Å². The van der Waals surface area contributed by atoms with Crippen LogP contribution in [0.1, 0.15) is 36.2 Å². The Hall–Kier alpha value is -2.92. The van der Waals surface area contributed by atoms with Crippen LogP contribution in [0.3, 0.4) is 0 Å². The van der Waals surface area contributed by atoms with Gasteiger partial charge in [0.05, 0.1) is 12.3 Å². The van der Waals surface area contributed by atoms with E-state index in [-0.39, 0.29) is 5.82 Å². The Labute approximate surface area is 177 Å². The van der Waals surface area contributed by atoms with E-state index >= 15 is 0 Å². The van der Waals surface area contributed by atoms with Crippen LogP contribution >= 0.6 is 0 Å². The molecular formula is C25H28FN3O. The van der Waals surface area contributed by atoms with E-state index in [0.29, 0.717) is 24.7 Å². The van der Waals surface area contributed by atoms with Crippen molar-refractivity contribution in [1.82, 2.24) is 15.1 Å². The third-order valence-corrected chi connectivity index (χ3v) is 5.49. The molecule has 0 aliphatic carbocycles. The predicted octanol–water partition coefficient (Wildman–Crippen LogP) is 5.06. The summed E-state index contributed by atoms with van der Waals surface area (Å²) in [4.78, 5) is 2.50. The molecule has 4 nitrogen and oxygen atoms in total. The number of halogens is 1. The Morgan fingerprint density at radius 2 is 2.00 bits per heavy atom. The van der Waals surface area contributed by atoms with Gasteiger partial charge in [0.25, 0.3) is 0 Å². The number of ether oxygens (including phenoxy) is 1. The van der Waals surface area contributed by atoms with Crippen molar-refractivity contribution in [2.75, 3.05) is 26.2 Å². The van der Waals surface area contributed by atoms with Crippen LogP contribution in [0, 0.1) is 5.82 Å². The predicted molar refractivity (Wildman–Crippen MR) is 118 cm³/mol. The second-order valence-electron chi connectivity index (χ2n) is 7.97. The normalized spacial score (nSPS) is 17.4. The maximum atomic E-state index is 13.6. The summed E-state index contributed by atoms with van der Waals surface area (Å²) in [6.45, 7) is 5.71. The largest absolute Gasteiger partial charge is 0.490 e. The lowest BCUT2D eigenvalue weighted by Gasteiger charge is -2.16. The molecule has 156 valence electrons. The second kappa shape index (κ2) is 9.72. The number of aromatic nitrogens is 2. The minimum Gasteiger partial charge on any atom is -0.490 e. The first kappa shape index (κ1) is 20.4. The molecule has 0 saturated carbocycles. The second-order valence-corrected chi connectivity index (χ2v) is 7.97. The standard InChI is InChI=1S/C25H28FN3O/c1-19(15-20-7-3-2-4-8-20)17-29-13-11-21(18-29)24-16-22(27-28-24)12-14-30-25-10-6-5-9-23(25)26/h2-10,15-16,21H,11-14,17-18H2,1H3,(H,27,28). The van der Waals surface area contributed by atoms with E-state index in [4.69, 9.17) is 4.74 Å². The molecule has 1 unspecified atom stereocenters. The summed E-state index contributed by atoms with van der Waals surface area (Å²) < 4.78 is 19.2. The third kappa shape index (κ3) is 5.36. The van der Waals surface area contributed by atoms with Crippen LogP contribution in [0.2, 0.25) is 0 Å². The van der Waals surface area contributed by atoms with Crippen molar-refractivity contribution >= 4 is 6.08 Å². The van der Waals surface area contributed by atoms with Crippen LogP contribution in [0.4, 0.5) is 4.39 Å². The molecule has 2 aromatic carbocycles. The number of nitrogens with zero attached hydrogens (tertiary/aromatic N) is 2. The lowest BCUT2D eigenvalue weighted by atomic mass is 10.0. The maximum absolute atomic E-state index is 13.6. The minimum atomic E-state index is -0.328. The quantitative estimate of drug-likeness (QED) is 0.569. The van der Waals surface area contributed by atoms with Crippen molar-refractivity contribution in [1.29, 1.82) is 0 Å². The molecule has 1 aliphatic rings. The molecule has 0 spiro atoms. The number of likely N-dealkylation sites (tertiary alicyclic amines) is 1. The fourth-order valence-corrected chi connectivity index (χ4v) is 4.00. The number of nitrogens with one attached hydrogen (secondary N) is 1. The van der Waals surface area contributed by atoms with Crippen molar-refractivity contribution in [3.05, 3.63) is 89.0 Å². The number of hydrogen-bond donors (Lipinski definition) is 1. The van der Waals surface area contributed by atoms with E-state index in [0.717, 1.165) is 37.4 Å². The van der Waals surface area contributed by atoms with Gasteiger partial charge in [0, 0.05) is 31.1 Å². The number of rotatable bonds is 8. The molecular weight excluding hydrogens is 377 g/mol. The van der Waals surface area contributed by atoms with Crippen LogP contribution in [0.5, 0.6) is 5.75 Å². The van der Waals surface area contributed by atoms with Gasteiger partial charge in [-0.2, -0.15) is 5.10 Å². The molecule has 0 amide bonds. The molecule has 0 bridgehead atoms. The summed E-state index contributed by atoms with van der Waals surface area (Å²) in [6, 6.07) is 19.1. The van der Waals surface area contributed by atoms with Crippen molar-refractivity contribution in [3.8, 4) is 5.75 Å². The lowest BCUT2D eigenvalue weighted by Crippen LogP contribution is -2.22. The lowest BCUT2D eigenvalue weighted by molar-refractivity contribution is 0.304. The highest BCUT2D eigenvalue weighted by Gasteiger charge is 2.25. The first-order chi connectivity index (χ1) is 14.7. The fraction of sp³-hybridized carbons (Fsp3) is 0.320. The molecule has 1 saturated heterocycles. The van der Waals surface area contributed by atoms with Crippen molar-refractivity contribution < 1.29 is 9.13 Å². The maximum Gasteiger partial charge on any atom is 0.165 e. The van der Waals surface area contributed by atoms with E-state index in [9.17, 15) is 4.39 Å².